The molecular formula is C23H21FN4O. The molecule has 0 aliphatic heterocycles. The predicted octanol–water partition coefficient (Wildman–Crippen LogP) is 3.71. The second kappa shape index (κ2) is 8.22. The zero-order chi connectivity index (χ0) is 20.2. The molecule has 0 amide bonds. The molecule has 0 aliphatic rings. The van der Waals surface area contributed by atoms with Crippen LogP contribution in [0, 0.1) is 5.82 Å². The predicted molar refractivity (Wildman–Crippen MR) is 113 cm³/mol. The van der Waals surface area contributed by atoms with Crippen molar-refractivity contribution in [3.8, 4) is 0 Å². The van der Waals surface area contributed by atoms with Crippen molar-refractivity contribution in [1.29, 1.82) is 0 Å². The third-order valence-corrected chi connectivity index (χ3v) is 4.87. The van der Waals surface area contributed by atoms with Gasteiger partial charge in [-0.25, -0.2) is 9.37 Å². The fourth-order valence-corrected chi connectivity index (χ4v) is 3.31. The molecule has 2 heterocycles. The number of pyridine rings is 1. The number of hydrogen-bond acceptors (Lipinski definition) is 4. The van der Waals surface area contributed by atoms with Gasteiger partial charge in [-0.3, -0.25) is 9.36 Å². The number of fused-ring (bicyclic) bond motifs is 1. The summed E-state index contributed by atoms with van der Waals surface area (Å²) in [7, 11) is 1.71. The summed E-state index contributed by atoms with van der Waals surface area (Å²) in [5, 5.41) is 4.01. The topological polar surface area (TPSA) is 59.8 Å². The maximum Gasteiger partial charge on any atom is 0.255 e. The first kappa shape index (κ1) is 18.8. The molecule has 0 unspecified atom stereocenters. The average molecular weight is 388 g/mol. The highest BCUT2D eigenvalue weighted by molar-refractivity contribution is 5.76. The fraction of sp³-hybridized carbons (Fsp3) is 0.174. The van der Waals surface area contributed by atoms with Gasteiger partial charge in [-0.2, -0.15) is 4.98 Å². The molecule has 2 aromatic carbocycles. The first-order valence-electron chi connectivity index (χ1n) is 9.48. The van der Waals surface area contributed by atoms with Crippen molar-refractivity contribution in [2.45, 2.75) is 12.8 Å². The van der Waals surface area contributed by atoms with Gasteiger partial charge in [0.1, 0.15) is 11.5 Å². The van der Waals surface area contributed by atoms with Crippen molar-refractivity contribution in [2.75, 3.05) is 11.9 Å². The van der Waals surface area contributed by atoms with Gasteiger partial charge < -0.3 is 5.32 Å². The van der Waals surface area contributed by atoms with Gasteiger partial charge in [0.15, 0.2) is 0 Å². The number of benzene rings is 2. The monoisotopic (exact) mass is 388 g/mol. The number of rotatable bonds is 6. The molecule has 0 fully saturated rings. The van der Waals surface area contributed by atoms with Crippen molar-refractivity contribution >= 4 is 17.0 Å². The molecule has 6 heteroatoms. The van der Waals surface area contributed by atoms with Gasteiger partial charge in [-0.05, 0) is 35.7 Å². The Morgan fingerprint density at radius 1 is 1.03 bits per heavy atom. The van der Waals surface area contributed by atoms with E-state index in [9.17, 15) is 9.18 Å². The highest BCUT2D eigenvalue weighted by Gasteiger charge is 2.10. The van der Waals surface area contributed by atoms with E-state index >= 15 is 0 Å². The number of halogens is 1. The van der Waals surface area contributed by atoms with Crippen LogP contribution in [0.15, 0.2) is 71.7 Å². The van der Waals surface area contributed by atoms with Crippen LogP contribution < -0.4 is 10.9 Å². The number of aryl methyl sites for hydroxylation is 1. The largest absolute Gasteiger partial charge is 0.354 e. The minimum Gasteiger partial charge on any atom is -0.354 e. The second-order valence-corrected chi connectivity index (χ2v) is 6.97. The SMILES string of the molecule is Cn1c(=O)c(Cc2ccc(F)cc2)cc2cnc(NCCc3ccccc3)nc21. The number of aromatic nitrogens is 3. The smallest absolute Gasteiger partial charge is 0.255 e. The summed E-state index contributed by atoms with van der Waals surface area (Å²) in [5.41, 5.74) is 3.20. The summed E-state index contributed by atoms with van der Waals surface area (Å²) in [6.45, 7) is 0.701. The Morgan fingerprint density at radius 3 is 2.55 bits per heavy atom. The van der Waals surface area contributed by atoms with E-state index in [4.69, 9.17) is 0 Å². The summed E-state index contributed by atoms with van der Waals surface area (Å²) in [5.74, 6) is 0.204. The van der Waals surface area contributed by atoms with Crippen LogP contribution in [0.5, 0.6) is 0 Å². The Bertz CT molecular complexity index is 1190. The number of anilines is 1. The lowest BCUT2D eigenvalue weighted by Crippen LogP contribution is -2.22. The Morgan fingerprint density at radius 2 is 1.79 bits per heavy atom. The average Bonchev–Trinajstić information content (AvgIpc) is 2.74. The van der Waals surface area contributed by atoms with E-state index in [2.05, 4.69) is 27.4 Å². The van der Waals surface area contributed by atoms with Gasteiger partial charge in [0.25, 0.3) is 5.56 Å². The van der Waals surface area contributed by atoms with Crippen LogP contribution in [0.4, 0.5) is 10.3 Å². The van der Waals surface area contributed by atoms with Gasteiger partial charge >= 0.3 is 0 Å². The molecule has 0 atom stereocenters. The molecule has 0 saturated heterocycles. The van der Waals surface area contributed by atoms with Crippen molar-refractivity contribution in [3.05, 3.63) is 99.7 Å². The van der Waals surface area contributed by atoms with Crippen LogP contribution in [0.3, 0.4) is 0 Å². The summed E-state index contributed by atoms with van der Waals surface area (Å²) in [4.78, 5) is 21.7. The normalized spacial score (nSPS) is 11.0. The first-order chi connectivity index (χ1) is 14.1. The molecular weight excluding hydrogens is 367 g/mol. The Labute approximate surface area is 167 Å². The van der Waals surface area contributed by atoms with E-state index in [1.807, 2.05) is 24.3 Å². The third-order valence-electron chi connectivity index (χ3n) is 4.87. The molecule has 0 aliphatic carbocycles. The first-order valence-corrected chi connectivity index (χ1v) is 9.48. The zero-order valence-corrected chi connectivity index (χ0v) is 16.1. The van der Waals surface area contributed by atoms with Crippen molar-refractivity contribution in [3.63, 3.8) is 0 Å². The van der Waals surface area contributed by atoms with Crippen molar-refractivity contribution < 1.29 is 4.39 Å². The second-order valence-electron chi connectivity index (χ2n) is 6.97. The summed E-state index contributed by atoms with van der Waals surface area (Å²) < 4.78 is 14.7. The molecule has 146 valence electrons. The molecule has 4 aromatic rings. The minimum atomic E-state index is -0.291. The van der Waals surface area contributed by atoms with Gasteiger partial charge in [0.2, 0.25) is 5.95 Å². The Hall–Kier alpha value is -3.54. The number of nitrogens with one attached hydrogen (secondary N) is 1. The molecule has 0 spiro atoms. The fourth-order valence-electron chi connectivity index (χ4n) is 3.31. The maximum atomic E-state index is 13.1. The Balaban J connectivity index is 1.55. The van der Waals surface area contributed by atoms with Crippen LogP contribution in [0.1, 0.15) is 16.7 Å². The van der Waals surface area contributed by atoms with Gasteiger partial charge in [0, 0.05) is 37.2 Å². The van der Waals surface area contributed by atoms with Crippen LogP contribution in [0.25, 0.3) is 11.0 Å². The minimum absolute atomic E-state index is 0.115. The number of hydrogen-bond donors (Lipinski definition) is 1. The van der Waals surface area contributed by atoms with Gasteiger partial charge in [0.05, 0.1) is 0 Å². The van der Waals surface area contributed by atoms with E-state index in [0.29, 0.717) is 30.1 Å². The molecule has 0 saturated carbocycles. The molecule has 4 rings (SSSR count). The van der Waals surface area contributed by atoms with E-state index in [1.54, 1.807) is 25.4 Å². The Kier molecular flexibility index (Phi) is 5.33. The highest BCUT2D eigenvalue weighted by atomic mass is 19.1. The zero-order valence-electron chi connectivity index (χ0n) is 16.1. The quantitative estimate of drug-likeness (QED) is 0.547. The summed E-state index contributed by atoms with van der Waals surface area (Å²) >= 11 is 0. The molecule has 0 bridgehead atoms. The maximum absolute atomic E-state index is 13.1. The molecule has 0 radical (unpaired) electrons. The molecule has 5 nitrogen and oxygen atoms in total. The highest BCUT2D eigenvalue weighted by Crippen LogP contribution is 2.15. The van der Waals surface area contributed by atoms with Gasteiger partial charge in [-0.1, -0.05) is 42.5 Å². The summed E-state index contributed by atoms with van der Waals surface area (Å²) in [6, 6.07) is 18.2. The lowest BCUT2D eigenvalue weighted by Gasteiger charge is -2.10. The van der Waals surface area contributed by atoms with E-state index in [1.165, 1.54) is 22.3 Å². The summed E-state index contributed by atoms with van der Waals surface area (Å²) in [6.07, 6.45) is 3.01. The van der Waals surface area contributed by atoms with E-state index in [0.717, 1.165) is 17.4 Å². The third kappa shape index (κ3) is 4.32. The van der Waals surface area contributed by atoms with Crippen LogP contribution in [0.2, 0.25) is 0 Å². The molecule has 2 aromatic heterocycles. The van der Waals surface area contributed by atoms with E-state index < -0.39 is 0 Å². The lowest BCUT2D eigenvalue weighted by molar-refractivity contribution is 0.627. The van der Waals surface area contributed by atoms with Crippen molar-refractivity contribution in [1.82, 2.24) is 14.5 Å². The van der Waals surface area contributed by atoms with Crippen molar-refractivity contribution in [2.24, 2.45) is 7.05 Å². The molecule has 1 N–H and O–H groups in total. The standard InChI is InChI=1S/C23H21FN4O/c1-28-21-19(14-18(22(28)29)13-17-7-9-20(24)10-8-17)15-26-23(27-21)25-12-11-16-5-3-2-4-6-16/h2-10,14-15H,11-13H2,1H3,(H,25,26,27). The van der Waals surface area contributed by atoms with E-state index in [-0.39, 0.29) is 11.4 Å². The van der Waals surface area contributed by atoms with Gasteiger partial charge in [-0.15, -0.1) is 0 Å². The van der Waals surface area contributed by atoms with Crippen LogP contribution in [-0.2, 0) is 19.9 Å². The number of nitrogens with zero attached hydrogens (tertiary/aromatic N) is 3. The van der Waals surface area contributed by atoms with Crippen LogP contribution in [-0.4, -0.2) is 21.1 Å². The molecule has 29 heavy (non-hydrogen) atoms. The lowest BCUT2D eigenvalue weighted by atomic mass is 10.1. The van der Waals surface area contributed by atoms with Crippen LogP contribution >= 0.6 is 0 Å².